The van der Waals surface area contributed by atoms with Gasteiger partial charge in [0.05, 0.1) is 10.9 Å². The predicted octanol–water partition coefficient (Wildman–Crippen LogP) is 6.34. The molecule has 276 valence electrons. The summed E-state index contributed by atoms with van der Waals surface area (Å²) in [5.74, 6) is 0.320. The van der Waals surface area contributed by atoms with Gasteiger partial charge in [-0.2, -0.15) is 0 Å². The first-order chi connectivity index (χ1) is 25.0. The Bertz CT molecular complexity index is 1980. The Morgan fingerprint density at radius 3 is 2.27 bits per heavy atom. The number of hydrogen-bond donors (Lipinski definition) is 2. The molecule has 0 saturated heterocycles. The van der Waals surface area contributed by atoms with Crippen LogP contribution in [0.5, 0.6) is 11.5 Å². The molecule has 0 spiro atoms. The van der Waals surface area contributed by atoms with Gasteiger partial charge in [-0.15, -0.1) is 0 Å². The van der Waals surface area contributed by atoms with E-state index in [0.717, 1.165) is 29.4 Å². The molecule has 10 nitrogen and oxygen atoms in total. The van der Waals surface area contributed by atoms with Gasteiger partial charge in [0.25, 0.3) is 0 Å². The molecule has 0 bridgehead atoms. The minimum absolute atomic E-state index is 0.0538. The molecule has 1 unspecified atom stereocenters. The molecule has 1 heterocycles. The van der Waals surface area contributed by atoms with Crippen LogP contribution in [0.4, 0.5) is 0 Å². The maximum absolute atomic E-state index is 13.9. The summed E-state index contributed by atoms with van der Waals surface area (Å²) in [7, 11) is -2.35. The second kappa shape index (κ2) is 16.5. The van der Waals surface area contributed by atoms with Gasteiger partial charge in [-0.05, 0) is 85.0 Å². The summed E-state index contributed by atoms with van der Waals surface area (Å²) in [6.07, 6.45) is 5.12. The van der Waals surface area contributed by atoms with Crippen LogP contribution in [0.15, 0.2) is 89.8 Å². The Kier molecular flexibility index (Phi) is 11.8. The monoisotopic (exact) mass is 726 g/mol. The molecule has 1 aliphatic heterocycles. The van der Waals surface area contributed by atoms with E-state index in [9.17, 15) is 18.0 Å². The first-order valence-electron chi connectivity index (χ1n) is 18.3. The lowest BCUT2D eigenvalue weighted by molar-refractivity contribution is -0.136. The summed E-state index contributed by atoms with van der Waals surface area (Å²) >= 11 is 0. The van der Waals surface area contributed by atoms with E-state index in [0.29, 0.717) is 29.5 Å². The molecular formula is C41H50N4O6S. The molecule has 52 heavy (non-hydrogen) atoms. The van der Waals surface area contributed by atoms with Gasteiger partial charge in [0.15, 0.2) is 11.5 Å². The van der Waals surface area contributed by atoms with Gasteiger partial charge in [0.1, 0.15) is 6.04 Å². The van der Waals surface area contributed by atoms with Crippen molar-refractivity contribution in [1.82, 2.24) is 19.8 Å². The van der Waals surface area contributed by atoms with E-state index in [1.165, 1.54) is 31.2 Å². The van der Waals surface area contributed by atoms with Gasteiger partial charge in [0.2, 0.25) is 28.6 Å². The van der Waals surface area contributed by atoms with Crippen molar-refractivity contribution in [2.24, 2.45) is 0 Å². The quantitative estimate of drug-likeness (QED) is 0.147. The van der Waals surface area contributed by atoms with Crippen LogP contribution in [0.3, 0.4) is 0 Å². The van der Waals surface area contributed by atoms with Crippen molar-refractivity contribution in [1.29, 1.82) is 0 Å². The third-order valence-corrected chi connectivity index (χ3v) is 11.8. The summed E-state index contributed by atoms with van der Waals surface area (Å²) in [6, 6.07) is 24.6. The second-order valence-corrected chi connectivity index (χ2v) is 15.9. The first kappa shape index (κ1) is 37.3. The number of benzene rings is 4. The smallest absolute Gasteiger partial charge is 0.245 e. The fraction of sp³-hybridized carbons (Fsp3) is 0.415. The van der Waals surface area contributed by atoms with Crippen molar-refractivity contribution in [2.45, 2.75) is 94.9 Å². The number of amides is 2. The van der Waals surface area contributed by atoms with Gasteiger partial charge in [-0.25, -0.2) is 13.1 Å². The van der Waals surface area contributed by atoms with Crippen molar-refractivity contribution in [3.05, 3.63) is 102 Å². The van der Waals surface area contributed by atoms with Crippen LogP contribution in [0, 0.1) is 0 Å². The molecule has 6 rings (SSSR count). The minimum Gasteiger partial charge on any atom is -0.454 e. The summed E-state index contributed by atoms with van der Waals surface area (Å²) in [5.41, 5.74) is 2.67. The Hall–Kier alpha value is -4.45. The largest absolute Gasteiger partial charge is 0.454 e. The third-order valence-electron chi connectivity index (χ3n) is 10.4. The summed E-state index contributed by atoms with van der Waals surface area (Å²) in [5, 5.41) is 4.66. The van der Waals surface area contributed by atoms with Gasteiger partial charge in [0, 0.05) is 38.5 Å². The lowest BCUT2D eigenvalue weighted by Crippen LogP contribution is -2.50. The van der Waals surface area contributed by atoms with Crippen LogP contribution in [0.2, 0.25) is 0 Å². The third kappa shape index (κ3) is 8.94. The Balaban J connectivity index is 1.21. The van der Waals surface area contributed by atoms with Crippen LogP contribution >= 0.6 is 0 Å². The molecule has 1 fully saturated rings. The van der Waals surface area contributed by atoms with Crippen molar-refractivity contribution in [3.8, 4) is 11.5 Å². The molecule has 2 aliphatic rings. The molecule has 2 N–H and O–H groups in total. The van der Waals surface area contributed by atoms with E-state index < -0.39 is 28.0 Å². The highest BCUT2D eigenvalue weighted by Gasteiger charge is 2.30. The van der Waals surface area contributed by atoms with Crippen molar-refractivity contribution in [3.63, 3.8) is 0 Å². The average Bonchev–Trinajstić information content (AvgIpc) is 3.86. The zero-order valence-corrected chi connectivity index (χ0v) is 31.3. The van der Waals surface area contributed by atoms with Crippen LogP contribution in [-0.4, -0.2) is 68.5 Å². The van der Waals surface area contributed by atoms with Crippen LogP contribution in [0.25, 0.3) is 10.8 Å². The van der Waals surface area contributed by atoms with Crippen molar-refractivity contribution in [2.75, 3.05) is 20.4 Å². The van der Waals surface area contributed by atoms with Gasteiger partial charge in [-0.3, -0.25) is 14.5 Å². The number of rotatable bonds is 15. The molecule has 2 atom stereocenters. The highest BCUT2D eigenvalue weighted by atomic mass is 32.2. The van der Waals surface area contributed by atoms with Gasteiger partial charge >= 0.3 is 0 Å². The van der Waals surface area contributed by atoms with E-state index in [1.54, 1.807) is 48.3 Å². The highest BCUT2D eigenvalue weighted by molar-refractivity contribution is 7.89. The number of carbonyl (C=O) groups excluding carboxylic acids is 2. The van der Waals surface area contributed by atoms with Crippen molar-refractivity contribution < 1.29 is 27.5 Å². The summed E-state index contributed by atoms with van der Waals surface area (Å²) < 4.78 is 41.5. The van der Waals surface area contributed by atoms with Gasteiger partial charge < -0.3 is 19.7 Å². The van der Waals surface area contributed by atoms with Gasteiger partial charge in [-0.1, -0.05) is 80.4 Å². The zero-order chi connectivity index (χ0) is 36.8. The lowest BCUT2D eigenvalue weighted by atomic mass is 10.0. The van der Waals surface area contributed by atoms with E-state index in [1.807, 2.05) is 50.2 Å². The fourth-order valence-corrected chi connectivity index (χ4v) is 8.37. The number of ether oxygens (including phenoxy) is 2. The fourth-order valence-electron chi connectivity index (χ4n) is 7.11. The Morgan fingerprint density at radius 2 is 1.56 bits per heavy atom. The predicted molar refractivity (Wildman–Crippen MR) is 203 cm³/mol. The molecule has 4 aromatic carbocycles. The number of nitrogens with one attached hydrogen (secondary N) is 2. The highest BCUT2D eigenvalue weighted by Crippen LogP contribution is 2.35. The second-order valence-electron chi connectivity index (χ2n) is 14.2. The summed E-state index contributed by atoms with van der Waals surface area (Å²) in [4.78, 5) is 31.9. The topological polar surface area (TPSA) is 117 Å². The molecule has 2 amide bonds. The molecule has 11 heteroatoms. The molecule has 0 aromatic heterocycles. The van der Waals surface area contributed by atoms with Crippen LogP contribution in [0.1, 0.15) is 75.6 Å². The SMILES string of the molecule is CCN(Cc1ccc(C[C@@H](NC(=O)CC(NS(=O)(=O)c2ccc3ccccc3c2)c2ccc3c(c2)OCO3)C(=O)N(C)C(C)C)cc1)C1CCCC1. The normalized spacial score (nSPS) is 15.7. The Labute approximate surface area is 307 Å². The number of hydrogen-bond acceptors (Lipinski definition) is 7. The minimum atomic E-state index is -4.08. The number of likely N-dealkylation sites (N-methyl/N-ethyl adjacent to an activating group) is 1. The standard InChI is InChI=1S/C41H50N4O6S/c1-5-45(34-12-8-9-13-34)26-30-16-14-29(15-17-30)22-37(41(47)44(4)28(2)3)42-40(46)25-36(33-19-21-38-39(24-33)51-27-50-38)43-52(48,49)35-20-18-31-10-6-7-11-32(31)23-35/h6-7,10-11,14-21,23-24,28,34,36-37,43H,5,8-9,12-13,22,25-27H2,1-4H3,(H,42,46)/t36?,37-/m1/s1. The van der Waals surface area contributed by atoms with E-state index in [2.05, 4.69) is 34.0 Å². The zero-order valence-electron chi connectivity index (χ0n) is 30.5. The maximum Gasteiger partial charge on any atom is 0.245 e. The molecule has 1 saturated carbocycles. The van der Waals surface area contributed by atoms with Crippen LogP contribution < -0.4 is 19.5 Å². The number of nitrogens with zero attached hydrogens (tertiary/aromatic N) is 2. The first-order valence-corrected chi connectivity index (χ1v) is 19.8. The molecule has 0 radical (unpaired) electrons. The number of fused-ring (bicyclic) bond motifs is 2. The molecular weight excluding hydrogens is 677 g/mol. The maximum atomic E-state index is 13.9. The lowest BCUT2D eigenvalue weighted by Gasteiger charge is -2.29. The number of carbonyl (C=O) groups is 2. The summed E-state index contributed by atoms with van der Waals surface area (Å²) in [6.45, 7) is 8.00. The number of sulfonamides is 1. The Morgan fingerprint density at radius 1 is 0.865 bits per heavy atom. The van der Waals surface area contributed by atoms with Crippen LogP contribution in [-0.2, 0) is 32.6 Å². The molecule has 1 aliphatic carbocycles. The molecule has 4 aromatic rings. The average molecular weight is 727 g/mol. The van der Waals surface area contributed by atoms with Crippen molar-refractivity contribution >= 4 is 32.6 Å². The van der Waals surface area contributed by atoms with E-state index >= 15 is 0 Å². The van der Waals surface area contributed by atoms with E-state index in [-0.39, 0.29) is 30.1 Å². The van der Waals surface area contributed by atoms with E-state index in [4.69, 9.17) is 9.47 Å².